The molecular formula is C20H25FN2O2. The van der Waals surface area contributed by atoms with Crippen molar-refractivity contribution in [3.8, 4) is 0 Å². The van der Waals surface area contributed by atoms with Crippen molar-refractivity contribution in [1.82, 2.24) is 10.2 Å². The Morgan fingerprint density at radius 3 is 2.44 bits per heavy atom. The molecule has 2 aromatic carbocycles. The fourth-order valence-electron chi connectivity index (χ4n) is 2.52. The zero-order valence-electron chi connectivity index (χ0n) is 15.0. The van der Waals surface area contributed by atoms with Crippen molar-refractivity contribution in [3.05, 3.63) is 71.0 Å². The number of ether oxygens (including phenoxy) is 1. The van der Waals surface area contributed by atoms with Crippen molar-refractivity contribution in [2.75, 3.05) is 13.7 Å². The highest BCUT2D eigenvalue weighted by Crippen LogP contribution is 2.19. The van der Waals surface area contributed by atoms with Crippen LogP contribution >= 0.6 is 0 Å². The standard InChI is InChI=1S/C20H25FN2O2/c1-4-25-14-18-8-6-5-7-17(18)13-22-20(24)23(3)15(2)16-9-11-19(21)12-10-16/h5-12,15H,4,13-14H2,1-3H3,(H,22,24)/t15-/m1/s1. The Morgan fingerprint density at radius 2 is 1.80 bits per heavy atom. The predicted molar refractivity (Wildman–Crippen MR) is 96.6 cm³/mol. The minimum atomic E-state index is -0.283. The van der Waals surface area contributed by atoms with Gasteiger partial charge in [-0.25, -0.2) is 9.18 Å². The maximum atomic E-state index is 13.0. The van der Waals surface area contributed by atoms with Crippen LogP contribution in [0.3, 0.4) is 0 Å². The number of benzene rings is 2. The lowest BCUT2D eigenvalue weighted by molar-refractivity contribution is 0.133. The monoisotopic (exact) mass is 344 g/mol. The average molecular weight is 344 g/mol. The van der Waals surface area contributed by atoms with Crippen LogP contribution in [0.15, 0.2) is 48.5 Å². The summed E-state index contributed by atoms with van der Waals surface area (Å²) in [5.41, 5.74) is 2.99. The SMILES string of the molecule is CCOCc1ccccc1CNC(=O)N(C)[C@H](C)c1ccc(F)cc1. The summed E-state index contributed by atoms with van der Waals surface area (Å²) in [5.74, 6) is -0.283. The molecule has 0 aliphatic heterocycles. The lowest BCUT2D eigenvalue weighted by Crippen LogP contribution is -2.38. The number of amides is 2. The van der Waals surface area contributed by atoms with Crippen molar-refractivity contribution in [2.45, 2.75) is 33.0 Å². The molecule has 0 aliphatic carbocycles. The molecule has 25 heavy (non-hydrogen) atoms. The zero-order chi connectivity index (χ0) is 18.2. The number of urea groups is 1. The second kappa shape index (κ2) is 9.18. The van der Waals surface area contributed by atoms with E-state index in [1.54, 1.807) is 24.1 Å². The van der Waals surface area contributed by atoms with Crippen LogP contribution in [0.5, 0.6) is 0 Å². The Balaban J connectivity index is 1.96. The van der Waals surface area contributed by atoms with E-state index in [0.717, 1.165) is 16.7 Å². The Hall–Kier alpha value is -2.40. The average Bonchev–Trinajstić information content (AvgIpc) is 2.64. The number of nitrogens with zero attached hydrogens (tertiary/aromatic N) is 1. The van der Waals surface area contributed by atoms with Crippen LogP contribution < -0.4 is 5.32 Å². The van der Waals surface area contributed by atoms with Gasteiger partial charge in [0.1, 0.15) is 5.82 Å². The number of carbonyl (C=O) groups is 1. The largest absolute Gasteiger partial charge is 0.377 e. The van der Waals surface area contributed by atoms with Crippen LogP contribution in [0.25, 0.3) is 0 Å². The van der Waals surface area contributed by atoms with Crippen molar-refractivity contribution in [2.24, 2.45) is 0 Å². The van der Waals surface area contributed by atoms with Crippen molar-refractivity contribution in [3.63, 3.8) is 0 Å². The highest BCUT2D eigenvalue weighted by Gasteiger charge is 2.17. The number of halogens is 1. The Morgan fingerprint density at radius 1 is 1.16 bits per heavy atom. The summed E-state index contributed by atoms with van der Waals surface area (Å²) in [6.45, 7) is 5.48. The quantitative estimate of drug-likeness (QED) is 0.815. The van der Waals surface area contributed by atoms with E-state index in [4.69, 9.17) is 4.74 Å². The maximum Gasteiger partial charge on any atom is 0.317 e. The molecular weight excluding hydrogens is 319 g/mol. The van der Waals surface area contributed by atoms with Crippen LogP contribution in [0.1, 0.15) is 36.6 Å². The van der Waals surface area contributed by atoms with Crippen LogP contribution in [-0.4, -0.2) is 24.6 Å². The molecule has 0 saturated carbocycles. The summed E-state index contributed by atoms with van der Waals surface area (Å²) in [4.78, 5) is 14.0. The molecule has 4 nitrogen and oxygen atoms in total. The van der Waals surface area contributed by atoms with E-state index in [1.807, 2.05) is 38.1 Å². The summed E-state index contributed by atoms with van der Waals surface area (Å²) in [7, 11) is 1.73. The first kappa shape index (κ1) is 18.9. The van der Waals surface area contributed by atoms with Crippen molar-refractivity contribution >= 4 is 6.03 Å². The molecule has 1 atom stereocenters. The Labute approximate surface area is 148 Å². The molecule has 2 rings (SSSR count). The van der Waals surface area contributed by atoms with Crippen molar-refractivity contribution < 1.29 is 13.9 Å². The van der Waals surface area contributed by atoms with Gasteiger partial charge in [0.15, 0.2) is 0 Å². The van der Waals surface area contributed by atoms with Crippen LogP contribution in [0, 0.1) is 5.82 Å². The van der Waals surface area contributed by atoms with E-state index in [-0.39, 0.29) is 17.9 Å². The molecule has 0 radical (unpaired) electrons. The normalized spacial score (nSPS) is 11.8. The molecule has 0 spiro atoms. The molecule has 2 amide bonds. The fraction of sp³-hybridized carbons (Fsp3) is 0.350. The smallest absolute Gasteiger partial charge is 0.317 e. The number of hydrogen-bond acceptors (Lipinski definition) is 2. The Kier molecular flexibility index (Phi) is 6.95. The molecule has 0 aromatic heterocycles. The van der Waals surface area contributed by atoms with E-state index in [9.17, 15) is 9.18 Å². The van der Waals surface area contributed by atoms with E-state index in [0.29, 0.717) is 19.8 Å². The zero-order valence-corrected chi connectivity index (χ0v) is 15.0. The fourth-order valence-corrected chi connectivity index (χ4v) is 2.52. The number of nitrogens with one attached hydrogen (secondary N) is 1. The highest BCUT2D eigenvalue weighted by atomic mass is 19.1. The van der Waals surface area contributed by atoms with Gasteiger partial charge >= 0.3 is 6.03 Å². The predicted octanol–water partition coefficient (Wildman–Crippen LogP) is 4.26. The summed E-state index contributed by atoms with van der Waals surface area (Å²) in [5, 5.41) is 2.93. The first-order valence-electron chi connectivity index (χ1n) is 8.43. The van der Waals surface area contributed by atoms with Gasteiger partial charge in [-0.2, -0.15) is 0 Å². The second-order valence-corrected chi connectivity index (χ2v) is 5.90. The number of hydrogen-bond donors (Lipinski definition) is 1. The minimum absolute atomic E-state index is 0.153. The molecule has 0 heterocycles. The van der Waals surface area contributed by atoms with Crippen LogP contribution in [-0.2, 0) is 17.9 Å². The first-order chi connectivity index (χ1) is 12.0. The van der Waals surface area contributed by atoms with E-state index in [1.165, 1.54) is 12.1 Å². The van der Waals surface area contributed by atoms with E-state index < -0.39 is 0 Å². The summed E-state index contributed by atoms with van der Waals surface area (Å²) < 4.78 is 18.5. The number of carbonyl (C=O) groups excluding carboxylic acids is 1. The van der Waals surface area contributed by atoms with Gasteiger partial charge < -0.3 is 15.0 Å². The highest BCUT2D eigenvalue weighted by molar-refractivity contribution is 5.74. The van der Waals surface area contributed by atoms with Gasteiger partial charge in [0.2, 0.25) is 0 Å². The van der Waals surface area contributed by atoms with Gasteiger partial charge in [-0.15, -0.1) is 0 Å². The summed E-state index contributed by atoms with van der Waals surface area (Å²) >= 11 is 0. The minimum Gasteiger partial charge on any atom is -0.377 e. The van der Waals surface area contributed by atoms with Gasteiger partial charge in [0.25, 0.3) is 0 Å². The van der Waals surface area contributed by atoms with Gasteiger partial charge in [-0.3, -0.25) is 0 Å². The lowest BCUT2D eigenvalue weighted by atomic mass is 10.1. The van der Waals surface area contributed by atoms with E-state index >= 15 is 0 Å². The van der Waals surface area contributed by atoms with Crippen LogP contribution in [0.4, 0.5) is 9.18 Å². The van der Waals surface area contributed by atoms with Gasteiger partial charge in [0, 0.05) is 20.2 Å². The Bertz CT molecular complexity index is 688. The van der Waals surface area contributed by atoms with Crippen LogP contribution in [0.2, 0.25) is 0 Å². The molecule has 5 heteroatoms. The topological polar surface area (TPSA) is 41.6 Å². The molecule has 0 aliphatic rings. The lowest BCUT2D eigenvalue weighted by Gasteiger charge is -2.26. The summed E-state index contributed by atoms with van der Waals surface area (Å²) in [6.07, 6.45) is 0. The molecule has 0 fully saturated rings. The third-order valence-corrected chi connectivity index (χ3v) is 4.26. The third kappa shape index (κ3) is 5.29. The second-order valence-electron chi connectivity index (χ2n) is 5.90. The van der Waals surface area contributed by atoms with Gasteiger partial charge in [-0.1, -0.05) is 36.4 Å². The van der Waals surface area contributed by atoms with E-state index in [2.05, 4.69) is 5.32 Å². The first-order valence-corrected chi connectivity index (χ1v) is 8.43. The van der Waals surface area contributed by atoms with Crippen molar-refractivity contribution in [1.29, 1.82) is 0 Å². The molecule has 0 bridgehead atoms. The molecule has 134 valence electrons. The summed E-state index contributed by atoms with van der Waals surface area (Å²) in [6, 6.07) is 13.8. The molecule has 0 saturated heterocycles. The van der Waals surface area contributed by atoms with Gasteiger partial charge in [0.05, 0.1) is 12.6 Å². The molecule has 1 N–H and O–H groups in total. The third-order valence-electron chi connectivity index (χ3n) is 4.26. The number of rotatable bonds is 7. The molecule has 2 aromatic rings. The van der Waals surface area contributed by atoms with Gasteiger partial charge in [-0.05, 0) is 42.7 Å². The maximum absolute atomic E-state index is 13.0. The molecule has 0 unspecified atom stereocenters.